The summed E-state index contributed by atoms with van der Waals surface area (Å²) in [6.45, 7) is 23.5. The molecule has 2 saturated carbocycles. The summed E-state index contributed by atoms with van der Waals surface area (Å²) >= 11 is 0. The fourth-order valence-electron chi connectivity index (χ4n) is 14.4. The normalized spacial score (nSPS) is 16.2. The van der Waals surface area contributed by atoms with Crippen LogP contribution in [0.25, 0.3) is 22.3 Å². The van der Waals surface area contributed by atoms with E-state index in [4.69, 9.17) is 4.74 Å². The van der Waals surface area contributed by atoms with Crippen LogP contribution in [0, 0.1) is 76.6 Å². The monoisotopic (exact) mass is 1430 g/mol. The molecule has 10 rings (SSSR count). The average Bonchev–Trinajstić information content (AvgIpc) is 1.26. The first-order chi connectivity index (χ1) is 47.9. The fraction of sp³-hybridized carbons (Fsp3) is 0.513. The van der Waals surface area contributed by atoms with Crippen LogP contribution in [0.1, 0.15) is 213 Å². The topological polar surface area (TPSA) is 172 Å². The number of alkyl halides is 6. The van der Waals surface area contributed by atoms with Gasteiger partial charge < -0.3 is 39.4 Å². The predicted octanol–water partition coefficient (Wildman–Crippen LogP) is 16.0. The van der Waals surface area contributed by atoms with E-state index in [1.807, 2.05) is 61.8 Å². The van der Waals surface area contributed by atoms with E-state index in [1.54, 1.807) is 48.5 Å². The molecule has 2 aliphatic carbocycles. The summed E-state index contributed by atoms with van der Waals surface area (Å²) in [7, 11) is 0. The minimum absolute atomic E-state index is 0.00161. The van der Waals surface area contributed by atoms with Gasteiger partial charge in [0.25, 0.3) is 11.1 Å². The summed E-state index contributed by atoms with van der Waals surface area (Å²) < 4.78 is 158. The van der Waals surface area contributed by atoms with Crippen LogP contribution in [0.2, 0.25) is 0 Å². The summed E-state index contributed by atoms with van der Waals surface area (Å²) in [6, 6.07) is 5.55. The van der Waals surface area contributed by atoms with Gasteiger partial charge >= 0.3 is 24.3 Å². The number of halogens is 10. The number of hydrogen-bond donors (Lipinski definition) is 3. The van der Waals surface area contributed by atoms with Gasteiger partial charge in [0, 0.05) is 59.9 Å². The zero-order chi connectivity index (χ0) is 74.7. The Balaban J connectivity index is 0.000000237. The number of nitrogens with one attached hydrogen (secondary N) is 2. The van der Waals surface area contributed by atoms with Crippen molar-refractivity contribution in [1.82, 2.24) is 29.6 Å². The second kappa shape index (κ2) is 32.3. The molecule has 4 aliphatic rings. The number of aryl methyl sites for hydroxylation is 6. The number of aromatic nitrogens is 2. The molecule has 0 spiro atoms. The molecule has 14 nitrogen and oxygen atoms in total. The number of likely N-dealkylation sites (tertiary alicyclic amines) is 2. The highest BCUT2D eigenvalue weighted by Gasteiger charge is 2.42. The van der Waals surface area contributed by atoms with Gasteiger partial charge in [-0.3, -0.25) is 28.8 Å². The van der Waals surface area contributed by atoms with Gasteiger partial charge in [0.15, 0.2) is 0 Å². The number of carboxylic acids is 1. The molecule has 0 bridgehead atoms. The highest BCUT2D eigenvalue weighted by Crippen LogP contribution is 2.49. The van der Waals surface area contributed by atoms with Gasteiger partial charge in [0.1, 0.15) is 35.4 Å². The molecule has 2 aliphatic heterocycles. The van der Waals surface area contributed by atoms with E-state index in [2.05, 4.69) is 10.6 Å². The Labute approximate surface area is 588 Å². The summed E-state index contributed by atoms with van der Waals surface area (Å²) in [5.41, 5.74) is 1.14. The third-order valence-electron chi connectivity index (χ3n) is 19.7. The number of aliphatic carboxylic acids is 1. The van der Waals surface area contributed by atoms with Crippen LogP contribution in [0.15, 0.2) is 70.5 Å². The number of benzene rings is 4. The van der Waals surface area contributed by atoms with E-state index in [-0.39, 0.29) is 89.3 Å². The lowest BCUT2D eigenvalue weighted by Gasteiger charge is -2.31. The smallest absolute Gasteiger partial charge is 0.416 e. The highest BCUT2D eigenvalue weighted by atomic mass is 19.4. The third-order valence-corrected chi connectivity index (χ3v) is 19.7. The van der Waals surface area contributed by atoms with Crippen molar-refractivity contribution in [3.63, 3.8) is 0 Å². The molecule has 24 heteroatoms. The molecule has 3 N–H and O–H groups in total. The second-order valence-electron chi connectivity index (χ2n) is 29.0. The van der Waals surface area contributed by atoms with Crippen LogP contribution in [-0.2, 0) is 49.1 Å². The molecule has 102 heavy (non-hydrogen) atoms. The maximum absolute atomic E-state index is 17.0. The maximum Gasteiger partial charge on any atom is 0.416 e. The highest BCUT2D eigenvalue weighted by molar-refractivity contribution is 5.84. The number of carboxylic acid groups (broad SMARTS) is 1. The molecule has 0 radical (unpaired) electrons. The number of amides is 2. The number of hydrogen-bond acceptors (Lipinski definition) is 9. The van der Waals surface area contributed by atoms with Crippen molar-refractivity contribution in [2.24, 2.45) is 11.8 Å². The standard InChI is InChI=1S/C40H48F5N3O4.C38H44F5N3O4/c1-7-52-34(50)20-31(36-37(41)28(26-9-10-26)18-29(38(36)42)35-24(5)16-23(4)17-25(35)6)46-39(51)32(15-22(2)3)48-21-27(11-14-47-12-8-13-47)30(19-33(48)49)40(43,44)45;1-20(2)13-30(46-19-25(9-12-45-10-6-11-45)28(17-31(46)47)38(41,42)43)37(50)44-29(18-32(48)49)34-35(39)26(24-7-8-24)16-27(36(34)40)33-22(4)14-21(3)15-23(33)5/h16-19,21-22,26,31-32H,7-15,20H2,1-6H3,(H,46,51);14-17,19-20,24,29-30H,6-13,18H2,1-5H3,(H,44,50)(H,48,49)/t31-,32?;29-,30?/m00/s1. The summed E-state index contributed by atoms with van der Waals surface area (Å²) in [4.78, 5) is 84.3. The molecule has 2 aromatic heterocycles. The molecular weight excluding hydrogens is 1340 g/mol. The number of carbonyl (C=O) groups is 4. The van der Waals surface area contributed by atoms with Gasteiger partial charge in [0.05, 0.1) is 42.7 Å². The Morgan fingerprint density at radius 2 is 0.892 bits per heavy atom. The number of carbonyl (C=O) groups excluding carboxylic acids is 3. The number of pyridine rings is 2. The zero-order valence-corrected chi connectivity index (χ0v) is 59.7. The van der Waals surface area contributed by atoms with Crippen LogP contribution in [0.5, 0.6) is 0 Å². The molecule has 6 aromatic rings. The van der Waals surface area contributed by atoms with Gasteiger partial charge in [-0.1, -0.05) is 63.1 Å². The van der Waals surface area contributed by atoms with E-state index >= 15 is 17.6 Å². The van der Waals surface area contributed by atoms with Gasteiger partial charge in [-0.25, -0.2) is 17.6 Å². The Morgan fingerprint density at radius 3 is 1.19 bits per heavy atom. The van der Waals surface area contributed by atoms with Crippen LogP contribution in [-0.4, -0.2) is 93.7 Å². The van der Waals surface area contributed by atoms with Crippen molar-refractivity contribution in [1.29, 1.82) is 0 Å². The molecule has 4 aromatic carbocycles. The van der Waals surface area contributed by atoms with Crippen molar-refractivity contribution < 1.29 is 72.9 Å². The Kier molecular flexibility index (Phi) is 24.7. The van der Waals surface area contributed by atoms with E-state index in [0.29, 0.717) is 62.0 Å². The summed E-state index contributed by atoms with van der Waals surface area (Å²) in [6.07, 6.45) is -4.36. The fourth-order valence-corrected chi connectivity index (χ4v) is 14.4. The van der Waals surface area contributed by atoms with Crippen molar-refractivity contribution in [3.05, 3.63) is 183 Å². The largest absolute Gasteiger partial charge is 0.481 e. The molecule has 552 valence electrons. The summed E-state index contributed by atoms with van der Waals surface area (Å²) in [5, 5.41) is 15.1. The quantitative estimate of drug-likeness (QED) is 0.0333. The molecule has 2 saturated heterocycles. The van der Waals surface area contributed by atoms with E-state index in [9.17, 15) is 60.2 Å². The lowest BCUT2D eigenvalue weighted by molar-refractivity contribution is -0.144. The number of ether oxygens (including phenoxy) is 1. The minimum Gasteiger partial charge on any atom is -0.481 e. The molecule has 4 atom stereocenters. The first kappa shape index (κ1) is 78.0. The molecule has 2 unspecified atom stereocenters. The van der Waals surface area contributed by atoms with Crippen LogP contribution >= 0.6 is 0 Å². The van der Waals surface area contributed by atoms with Crippen molar-refractivity contribution in [2.45, 2.75) is 202 Å². The van der Waals surface area contributed by atoms with Gasteiger partial charge in [0.2, 0.25) is 11.8 Å². The van der Waals surface area contributed by atoms with Gasteiger partial charge in [-0.2, -0.15) is 26.3 Å². The maximum atomic E-state index is 17.0. The van der Waals surface area contributed by atoms with Gasteiger partial charge in [-0.15, -0.1) is 0 Å². The SMILES string of the molecule is CCOC(=O)C[C@H](NC(=O)C(CC(C)C)n1cc(CCN2CCC2)c(C(F)(F)F)cc1=O)c1c(F)c(-c2c(C)cc(C)cc2C)cc(C2CC2)c1F.Cc1cc(C)c(-c2cc(C3CC3)c(F)c([C@H](CC(=O)O)NC(=O)C(CC(C)C)n3cc(CCN4CCC4)c(C(F)(F)F)cc3=O)c2F)c(C)c1. The van der Waals surface area contributed by atoms with Crippen LogP contribution in [0.4, 0.5) is 43.9 Å². The lowest BCUT2D eigenvalue weighted by atomic mass is 9.87. The number of esters is 1. The number of nitrogens with zero attached hydrogens (tertiary/aromatic N) is 4. The first-order valence-electron chi connectivity index (χ1n) is 35.2. The minimum atomic E-state index is -4.81. The van der Waals surface area contributed by atoms with E-state index < -0.39 is 130 Å². The van der Waals surface area contributed by atoms with Crippen molar-refractivity contribution in [2.75, 3.05) is 45.9 Å². The lowest BCUT2D eigenvalue weighted by Crippen LogP contribution is -2.41. The third kappa shape index (κ3) is 18.4. The Bertz CT molecular complexity index is 4210. The zero-order valence-electron chi connectivity index (χ0n) is 59.7. The van der Waals surface area contributed by atoms with E-state index in [1.165, 1.54) is 12.1 Å². The second-order valence-corrected chi connectivity index (χ2v) is 29.0. The predicted molar refractivity (Wildman–Crippen MR) is 369 cm³/mol. The average molecular weight is 1430 g/mol. The van der Waals surface area contributed by atoms with Crippen molar-refractivity contribution >= 4 is 23.8 Å². The van der Waals surface area contributed by atoms with E-state index in [0.717, 1.165) is 93.9 Å². The Morgan fingerprint density at radius 1 is 0.539 bits per heavy atom. The molecule has 2 amide bonds. The molecule has 4 fully saturated rings. The van der Waals surface area contributed by atoms with Gasteiger partial charge in [-0.05, 0) is 230 Å². The molecule has 4 heterocycles. The first-order valence-corrected chi connectivity index (χ1v) is 35.2. The van der Waals surface area contributed by atoms with Crippen molar-refractivity contribution in [3.8, 4) is 22.3 Å². The summed E-state index contributed by atoms with van der Waals surface area (Å²) in [5.74, 6) is -8.63. The van der Waals surface area contributed by atoms with Crippen LogP contribution < -0.4 is 21.8 Å². The Hall–Kier alpha value is -8.12. The van der Waals surface area contributed by atoms with Crippen LogP contribution in [0.3, 0.4) is 0 Å². The molecular formula is C78H92F10N6O8. The number of rotatable bonds is 27.